The van der Waals surface area contributed by atoms with E-state index in [0.29, 0.717) is 19.7 Å². The number of nitrogens with zero attached hydrogens (tertiary/aromatic N) is 2. The summed E-state index contributed by atoms with van der Waals surface area (Å²) in [6, 6.07) is 5.97. The lowest BCUT2D eigenvalue weighted by Gasteiger charge is -2.15. The van der Waals surface area contributed by atoms with Crippen LogP contribution in [0, 0.1) is 13.8 Å². The molecule has 1 aromatic heterocycles. The number of methoxy groups -OCH3 is 1. The first kappa shape index (κ1) is 20.0. The minimum atomic E-state index is -0.191. The summed E-state index contributed by atoms with van der Waals surface area (Å²) in [5.74, 6) is 0. The van der Waals surface area contributed by atoms with Gasteiger partial charge in [-0.2, -0.15) is 5.10 Å². The number of ether oxygens (including phenoxy) is 1. The molecule has 2 amide bonds. The third-order valence-electron chi connectivity index (χ3n) is 4.70. The number of carbonyl (C=O) groups is 1. The molecule has 0 aliphatic carbocycles. The van der Waals surface area contributed by atoms with Crippen LogP contribution in [0.1, 0.15) is 41.9 Å². The second kappa shape index (κ2) is 9.38. The second-order valence-corrected chi connectivity index (χ2v) is 6.33. The maximum atomic E-state index is 12.5. The molecule has 0 radical (unpaired) electrons. The Kier molecular flexibility index (Phi) is 7.21. The number of para-hydroxylation sites is 1. The normalized spacial score (nSPS) is 10.8. The van der Waals surface area contributed by atoms with Gasteiger partial charge in [-0.15, -0.1) is 0 Å². The Balaban J connectivity index is 2.05. The molecular weight excluding hydrogens is 328 g/mol. The fraction of sp³-hybridized carbons (Fsp3) is 0.500. The zero-order chi connectivity index (χ0) is 19.1. The molecule has 0 aliphatic rings. The van der Waals surface area contributed by atoms with E-state index >= 15 is 0 Å². The predicted molar refractivity (Wildman–Crippen MR) is 105 cm³/mol. The summed E-state index contributed by atoms with van der Waals surface area (Å²) in [4.78, 5) is 12.5. The average Bonchev–Trinajstić information content (AvgIpc) is 2.91. The van der Waals surface area contributed by atoms with Gasteiger partial charge in [0.1, 0.15) is 0 Å². The van der Waals surface area contributed by atoms with Crippen LogP contribution in [0.25, 0.3) is 0 Å². The number of anilines is 1. The van der Waals surface area contributed by atoms with Crippen molar-refractivity contribution in [3.8, 4) is 0 Å². The SMILES string of the molecule is CCc1cccc(CC)c1NC(=O)NCc1c(C)nn(CCOC)c1C. The molecule has 0 spiro atoms. The minimum Gasteiger partial charge on any atom is -0.383 e. The topological polar surface area (TPSA) is 68.2 Å². The first-order chi connectivity index (χ1) is 12.5. The molecule has 0 unspecified atom stereocenters. The van der Waals surface area contributed by atoms with Crippen LogP contribution in [0.4, 0.5) is 10.5 Å². The molecule has 0 bridgehead atoms. The molecule has 6 heteroatoms. The molecule has 2 rings (SSSR count). The molecule has 2 aromatic rings. The number of aryl methyl sites for hydroxylation is 3. The first-order valence-corrected chi connectivity index (χ1v) is 9.19. The highest BCUT2D eigenvalue weighted by Gasteiger charge is 2.14. The van der Waals surface area contributed by atoms with Gasteiger partial charge in [-0.1, -0.05) is 32.0 Å². The van der Waals surface area contributed by atoms with E-state index in [1.165, 1.54) is 0 Å². The molecule has 1 aromatic carbocycles. The Labute approximate surface area is 155 Å². The summed E-state index contributed by atoms with van der Waals surface area (Å²) < 4.78 is 7.04. The standard InChI is InChI=1S/C20H30N4O2/c1-6-16-9-8-10-17(7-2)19(16)22-20(25)21-13-18-14(3)23-24(15(18)4)11-12-26-5/h8-10H,6-7,11-13H2,1-5H3,(H2,21,22,25). The molecule has 0 saturated heterocycles. The summed E-state index contributed by atoms with van der Waals surface area (Å²) in [6.45, 7) is 9.95. The Morgan fingerprint density at radius 2 is 1.85 bits per heavy atom. The largest absolute Gasteiger partial charge is 0.383 e. The van der Waals surface area contributed by atoms with Gasteiger partial charge in [0.25, 0.3) is 0 Å². The number of nitrogens with one attached hydrogen (secondary N) is 2. The van der Waals surface area contributed by atoms with E-state index in [-0.39, 0.29) is 6.03 Å². The quantitative estimate of drug-likeness (QED) is 0.758. The van der Waals surface area contributed by atoms with Crippen LogP contribution in [0.15, 0.2) is 18.2 Å². The van der Waals surface area contributed by atoms with Gasteiger partial charge in [0.2, 0.25) is 0 Å². The van der Waals surface area contributed by atoms with Gasteiger partial charge >= 0.3 is 6.03 Å². The summed E-state index contributed by atoms with van der Waals surface area (Å²) in [6.07, 6.45) is 1.77. The van der Waals surface area contributed by atoms with Crippen molar-refractivity contribution in [2.24, 2.45) is 0 Å². The maximum absolute atomic E-state index is 12.5. The summed E-state index contributed by atoms with van der Waals surface area (Å²) >= 11 is 0. The number of amides is 2. The highest BCUT2D eigenvalue weighted by atomic mass is 16.5. The third-order valence-corrected chi connectivity index (χ3v) is 4.70. The van der Waals surface area contributed by atoms with Crippen LogP contribution < -0.4 is 10.6 Å². The lowest BCUT2D eigenvalue weighted by Crippen LogP contribution is -2.29. The van der Waals surface area contributed by atoms with Crippen molar-refractivity contribution in [1.29, 1.82) is 0 Å². The third kappa shape index (κ3) is 4.64. The first-order valence-electron chi connectivity index (χ1n) is 9.19. The van der Waals surface area contributed by atoms with E-state index in [1.807, 2.05) is 24.6 Å². The van der Waals surface area contributed by atoms with Gasteiger partial charge in [-0.05, 0) is 37.8 Å². The van der Waals surface area contributed by atoms with Gasteiger partial charge in [0, 0.05) is 30.6 Å². The number of aromatic nitrogens is 2. The molecule has 0 aliphatic heterocycles. The molecule has 0 saturated carbocycles. The molecule has 142 valence electrons. The van der Waals surface area contributed by atoms with Crippen molar-refractivity contribution in [2.45, 2.75) is 53.6 Å². The highest BCUT2D eigenvalue weighted by Crippen LogP contribution is 2.22. The Morgan fingerprint density at radius 3 is 2.42 bits per heavy atom. The van der Waals surface area contributed by atoms with Gasteiger partial charge in [-0.3, -0.25) is 4.68 Å². The summed E-state index contributed by atoms with van der Waals surface area (Å²) in [5.41, 5.74) is 6.28. The van der Waals surface area contributed by atoms with Crippen molar-refractivity contribution in [2.75, 3.05) is 19.0 Å². The average molecular weight is 358 g/mol. The Bertz CT molecular complexity index is 730. The van der Waals surface area contributed by atoms with Crippen LogP contribution in [0.5, 0.6) is 0 Å². The van der Waals surface area contributed by atoms with Crippen LogP contribution in [0.3, 0.4) is 0 Å². The predicted octanol–water partition coefficient (Wildman–Crippen LogP) is 3.59. The van der Waals surface area contributed by atoms with Crippen LogP contribution in [-0.2, 0) is 30.7 Å². The van der Waals surface area contributed by atoms with Crippen LogP contribution in [-0.4, -0.2) is 29.5 Å². The van der Waals surface area contributed by atoms with Crippen molar-refractivity contribution >= 4 is 11.7 Å². The molecule has 6 nitrogen and oxygen atoms in total. The van der Waals surface area contributed by atoms with Crippen molar-refractivity contribution in [3.63, 3.8) is 0 Å². The van der Waals surface area contributed by atoms with E-state index in [0.717, 1.165) is 46.6 Å². The zero-order valence-electron chi connectivity index (χ0n) is 16.5. The van der Waals surface area contributed by atoms with Gasteiger partial charge in [0.15, 0.2) is 0 Å². The Morgan fingerprint density at radius 1 is 1.19 bits per heavy atom. The van der Waals surface area contributed by atoms with Crippen molar-refractivity contribution < 1.29 is 9.53 Å². The van der Waals surface area contributed by atoms with Crippen molar-refractivity contribution in [3.05, 3.63) is 46.3 Å². The molecule has 1 heterocycles. The van der Waals surface area contributed by atoms with Crippen molar-refractivity contribution in [1.82, 2.24) is 15.1 Å². The highest BCUT2D eigenvalue weighted by molar-refractivity contribution is 5.91. The number of rotatable bonds is 8. The van der Waals surface area contributed by atoms with E-state index in [9.17, 15) is 4.79 Å². The number of hydrogen-bond donors (Lipinski definition) is 2. The lowest BCUT2D eigenvalue weighted by molar-refractivity contribution is 0.182. The molecule has 0 fully saturated rings. The van der Waals surface area contributed by atoms with E-state index in [1.54, 1.807) is 7.11 Å². The second-order valence-electron chi connectivity index (χ2n) is 6.33. The van der Waals surface area contributed by atoms with E-state index in [2.05, 4.69) is 41.7 Å². The fourth-order valence-corrected chi connectivity index (χ4v) is 3.11. The number of hydrogen-bond acceptors (Lipinski definition) is 3. The number of urea groups is 1. The Hall–Kier alpha value is -2.34. The summed E-state index contributed by atoms with van der Waals surface area (Å²) in [5, 5.41) is 10.5. The molecular formula is C20H30N4O2. The number of benzene rings is 1. The zero-order valence-corrected chi connectivity index (χ0v) is 16.5. The maximum Gasteiger partial charge on any atom is 0.319 e. The van der Waals surface area contributed by atoms with E-state index < -0.39 is 0 Å². The summed E-state index contributed by atoms with van der Waals surface area (Å²) in [7, 11) is 1.68. The van der Waals surface area contributed by atoms with Crippen LogP contribution >= 0.6 is 0 Å². The van der Waals surface area contributed by atoms with E-state index in [4.69, 9.17) is 4.74 Å². The minimum absolute atomic E-state index is 0.191. The van der Waals surface area contributed by atoms with Gasteiger partial charge in [0.05, 0.1) is 18.8 Å². The molecule has 2 N–H and O–H groups in total. The smallest absolute Gasteiger partial charge is 0.319 e. The van der Waals surface area contributed by atoms with Gasteiger partial charge < -0.3 is 15.4 Å². The number of carbonyl (C=O) groups excluding carboxylic acids is 1. The molecule has 0 atom stereocenters. The fourth-order valence-electron chi connectivity index (χ4n) is 3.11. The van der Waals surface area contributed by atoms with Crippen LogP contribution in [0.2, 0.25) is 0 Å². The monoisotopic (exact) mass is 358 g/mol. The lowest BCUT2D eigenvalue weighted by atomic mass is 10.0. The molecule has 26 heavy (non-hydrogen) atoms. The van der Waals surface area contributed by atoms with Gasteiger partial charge in [-0.25, -0.2) is 4.79 Å².